The number of hydrogen-bond acceptors (Lipinski definition) is 6. The van der Waals surface area contributed by atoms with E-state index in [2.05, 4.69) is 20.6 Å². The molecule has 1 amide bonds. The van der Waals surface area contributed by atoms with E-state index in [0.717, 1.165) is 11.4 Å². The Morgan fingerprint density at radius 3 is 2.78 bits per heavy atom. The number of thiophene rings is 1. The van der Waals surface area contributed by atoms with E-state index in [0.29, 0.717) is 22.1 Å². The maximum Gasteiger partial charge on any atom is 0.268 e. The number of rotatable bonds is 3. The zero-order chi connectivity index (χ0) is 16.4. The van der Waals surface area contributed by atoms with E-state index in [4.69, 9.17) is 5.26 Å². The van der Waals surface area contributed by atoms with Gasteiger partial charge in [-0.1, -0.05) is 0 Å². The number of carbonyl (C=O) groups is 1. The van der Waals surface area contributed by atoms with Crippen LogP contribution in [0.3, 0.4) is 0 Å². The molecule has 23 heavy (non-hydrogen) atoms. The van der Waals surface area contributed by atoms with Gasteiger partial charge in [-0.25, -0.2) is 0 Å². The van der Waals surface area contributed by atoms with E-state index < -0.39 is 0 Å². The van der Waals surface area contributed by atoms with Crippen molar-refractivity contribution in [1.29, 1.82) is 5.26 Å². The third-order valence-electron chi connectivity index (χ3n) is 3.07. The third-order valence-corrected chi connectivity index (χ3v) is 3.98. The summed E-state index contributed by atoms with van der Waals surface area (Å²) in [4.78, 5) is 12.7. The molecule has 0 saturated heterocycles. The van der Waals surface area contributed by atoms with Crippen molar-refractivity contribution in [1.82, 2.24) is 20.0 Å². The average molecular weight is 324 g/mol. The van der Waals surface area contributed by atoms with Gasteiger partial charge in [0.05, 0.1) is 17.0 Å². The first-order valence-electron chi connectivity index (χ1n) is 6.75. The molecule has 8 heteroatoms. The number of nitrogens with zero attached hydrogens (tertiary/aromatic N) is 5. The molecule has 0 spiro atoms. The van der Waals surface area contributed by atoms with Crippen LogP contribution in [0, 0.1) is 25.2 Å². The van der Waals surface area contributed by atoms with Crippen molar-refractivity contribution >= 4 is 23.1 Å². The lowest BCUT2D eigenvalue weighted by atomic mass is 10.3. The lowest BCUT2D eigenvalue weighted by Crippen LogP contribution is -2.15. The SMILES string of the molecule is Cc1ccc(-n2nc(C)cc2NC(=O)c2sccc2C#N)nn1. The van der Waals surface area contributed by atoms with Gasteiger partial charge in [0.2, 0.25) is 0 Å². The van der Waals surface area contributed by atoms with Crippen molar-refractivity contribution in [3.05, 3.63) is 51.5 Å². The lowest BCUT2D eigenvalue weighted by molar-refractivity contribution is 0.102. The summed E-state index contributed by atoms with van der Waals surface area (Å²) in [6, 6.07) is 8.95. The van der Waals surface area contributed by atoms with Gasteiger partial charge < -0.3 is 5.32 Å². The molecule has 3 aromatic rings. The van der Waals surface area contributed by atoms with Gasteiger partial charge in [0.1, 0.15) is 16.8 Å². The van der Waals surface area contributed by atoms with Crippen molar-refractivity contribution in [3.8, 4) is 11.9 Å². The fourth-order valence-electron chi connectivity index (χ4n) is 2.01. The summed E-state index contributed by atoms with van der Waals surface area (Å²) in [7, 11) is 0. The van der Waals surface area contributed by atoms with Crippen LogP contribution in [0.15, 0.2) is 29.6 Å². The van der Waals surface area contributed by atoms with Gasteiger partial charge >= 0.3 is 0 Å². The summed E-state index contributed by atoms with van der Waals surface area (Å²) < 4.78 is 1.51. The second-order valence-electron chi connectivity index (χ2n) is 4.85. The van der Waals surface area contributed by atoms with Crippen LogP contribution in [0.2, 0.25) is 0 Å². The predicted octanol–water partition coefficient (Wildman–Crippen LogP) is 2.46. The van der Waals surface area contributed by atoms with E-state index in [1.165, 1.54) is 16.0 Å². The van der Waals surface area contributed by atoms with Crippen LogP contribution in [0.1, 0.15) is 26.6 Å². The van der Waals surface area contributed by atoms with E-state index in [9.17, 15) is 4.79 Å². The molecule has 3 heterocycles. The Balaban J connectivity index is 1.94. The standard InChI is InChI=1S/C15H12N6OS/c1-9-3-4-12(19-18-9)21-13(7-10(2)20-21)17-15(22)14-11(8-16)5-6-23-14/h3-7H,1-2H3,(H,17,22). The quantitative estimate of drug-likeness (QED) is 0.798. The maximum absolute atomic E-state index is 12.4. The number of nitriles is 1. The molecule has 0 aliphatic rings. The molecule has 3 aromatic heterocycles. The molecule has 3 rings (SSSR count). The molecule has 0 fully saturated rings. The summed E-state index contributed by atoms with van der Waals surface area (Å²) in [5.74, 6) is 0.631. The zero-order valence-electron chi connectivity index (χ0n) is 12.4. The first-order valence-corrected chi connectivity index (χ1v) is 7.63. The largest absolute Gasteiger partial charge is 0.306 e. The summed E-state index contributed by atoms with van der Waals surface area (Å²) in [5, 5.41) is 25.9. The molecule has 0 aliphatic carbocycles. The molecule has 114 valence electrons. The predicted molar refractivity (Wildman–Crippen MR) is 85.6 cm³/mol. The van der Waals surface area contributed by atoms with Crippen molar-refractivity contribution in [2.24, 2.45) is 0 Å². The third kappa shape index (κ3) is 2.95. The Labute approximate surface area is 136 Å². The van der Waals surface area contributed by atoms with Gasteiger partial charge in [-0.15, -0.1) is 16.4 Å². The molecule has 0 radical (unpaired) electrons. The van der Waals surface area contributed by atoms with E-state index >= 15 is 0 Å². The Hall–Kier alpha value is -3.05. The minimum Gasteiger partial charge on any atom is -0.306 e. The maximum atomic E-state index is 12.4. The van der Waals surface area contributed by atoms with Crippen molar-refractivity contribution in [2.75, 3.05) is 5.32 Å². The minimum atomic E-state index is -0.349. The summed E-state index contributed by atoms with van der Waals surface area (Å²) >= 11 is 1.22. The van der Waals surface area contributed by atoms with Crippen LogP contribution in [0.25, 0.3) is 5.82 Å². The molecule has 0 saturated carbocycles. The smallest absolute Gasteiger partial charge is 0.268 e. The van der Waals surface area contributed by atoms with E-state index in [-0.39, 0.29) is 5.91 Å². The van der Waals surface area contributed by atoms with Gasteiger partial charge in [-0.3, -0.25) is 4.79 Å². The molecule has 7 nitrogen and oxygen atoms in total. The molecule has 0 bridgehead atoms. The highest BCUT2D eigenvalue weighted by atomic mass is 32.1. The first-order chi connectivity index (χ1) is 11.1. The monoisotopic (exact) mass is 324 g/mol. The average Bonchev–Trinajstić information content (AvgIpc) is 3.14. The van der Waals surface area contributed by atoms with Crippen LogP contribution < -0.4 is 5.32 Å². The van der Waals surface area contributed by atoms with Gasteiger partial charge in [0.25, 0.3) is 5.91 Å². The van der Waals surface area contributed by atoms with Crippen molar-refractivity contribution < 1.29 is 4.79 Å². The molecule has 1 N–H and O–H groups in total. The van der Waals surface area contributed by atoms with Gasteiger partial charge in [0, 0.05) is 6.07 Å². The van der Waals surface area contributed by atoms with Gasteiger partial charge in [-0.2, -0.15) is 20.1 Å². The first kappa shape index (κ1) is 14.9. The molecule has 0 aromatic carbocycles. The van der Waals surface area contributed by atoms with Crippen molar-refractivity contribution in [3.63, 3.8) is 0 Å². The highest BCUT2D eigenvalue weighted by Gasteiger charge is 2.17. The number of nitrogens with one attached hydrogen (secondary N) is 1. The molecular weight excluding hydrogens is 312 g/mol. The Bertz CT molecular complexity index is 903. The molecular formula is C15H12N6OS. The fourth-order valence-corrected chi connectivity index (χ4v) is 2.75. The van der Waals surface area contributed by atoms with Crippen LogP contribution in [0.4, 0.5) is 5.82 Å². The zero-order valence-corrected chi connectivity index (χ0v) is 13.3. The molecule has 0 atom stereocenters. The van der Waals surface area contributed by atoms with Crippen LogP contribution >= 0.6 is 11.3 Å². The Kier molecular flexibility index (Phi) is 3.87. The van der Waals surface area contributed by atoms with Crippen LogP contribution in [-0.4, -0.2) is 25.9 Å². The number of hydrogen-bond donors (Lipinski definition) is 1. The fraction of sp³-hybridized carbons (Fsp3) is 0.133. The number of amides is 1. The number of carbonyl (C=O) groups excluding carboxylic acids is 1. The van der Waals surface area contributed by atoms with Gasteiger partial charge in [-0.05, 0) is 37.4 Å². The van der Waals surface area contributed by atoms with Gasteiger partial charge in [0.15, 0.2) is 5.82 Å². The van der Waals surface area contributed by atoms with Crippen molar-refractivity contribution in [2.45, 2.75) is 13.8 Å². The van der Waals surface area contributed by atoms with E-state index in [1.54, 1.807) is 23.6 Å². The summed E-state index contributed by atoms with van der Waals surface area (Å²) in [6.07, 6.45) is 0. The van der Waals surface area contributed by atoms with Crippen LogP contribution in [-0.2, 0) is 0 Å². The topological polar surface area (TPSA) is 96.5 Å². The Morgan fingerprint density at radius 2 is 2.09 bits per heavy atom. The normalized spacial score (nSPS) is 10.3. The highest BCUT2D eigenvalue weighted by Crippen LogP contribution is 2.20. The van der Waals surface area contributed by atoms with Crippen LogP contribution in [0.5, 0.6) is 0 Å². The number of anilines is 1. The second-order valence-corrected chi connectivity index (χ2v) is 5.76. The molecule has 0 unspecified atom stereocenters. The minimum absolute atomic E-state index is 0.349. The number of aromatic nitrogens is 4. The summed E-state index contributed by atoms with van der Waals surface area (Å²) in [6.45, 7) is 3.66. The van der Waals surface area contributed by atoms with E-state index in [1.807, 2.05) is 26.0 Å². The lowest BCUT2D eigenvalue weighted by Gasteiger charge is -2.07. The summed E-state index contributed by atoms with van der Waals surface area (Å²) in [5.41, 5.74) is 1.88. The second kappa shape index (κ2) is 5.98. The number of aryl methyl sites for hydroxylation is 2. The highest BCUT2D eigenvalue weighted by molar-refractivity contribution is 7.12. The Morgan fingerprint density at radius 1 is 1.26 bits per heavy atom. The molecule has 0 aliphatic heterocycles.